The van der Waals surface area contributed by atoms with E-state index in [2.05, 4.69) is 6.92 Å². The van der Waals surface area contributed by atoms with Crippen molar-refractivity contribution in [2.24, 2.45) is 5.14 Å². The highest BCUT2D eigenvalue weighted by molar-refractivity contribution is 7.84. The van der Waals surface area contributed by atoms with Gasteiger partial charge in [-0.3, -0.25) is 0 Å². The quantitative estimate of drug-likeness (QED) is 0.527. The van der Waals surface area contributed by atoms with E-state index >= 15 is 0 Å². The van der Waals surface area contributed by atoms with Gasteiger partial charge >= 0.3 is 10.3 Å². The van der Waals surface area contributed by atoms with Crippen molar-refractivity contribution < 1.29 is 12.6 Å². The molecule has 0 spiro atoms. The summed E-state index contributed by atoms with van der Waals surface area (Å²) >= 11 is 0. The lowest BCUT2D eigenvalue weighted by molar-refractivity contribution is 0.487. The summed E-state index contributed by atoms with van der Waals surface area (Å²) in [4.78, 5) is 0. The van der Waals surface area contributed by atoms with Crippen molar-refractivity contribution in [2.45, 2.75) is 77.6 Å². The summed E-state index contributed by atoms with van der Waals surface area (Å²) in [7, 11) is -3.94. The summed E-state index contributed by atoms with van der Waals surface area (Å²) in [5.74, 6) is 0.289. The van der Waals surface area contributed by atoms with Gasteiger partial charge in [-0.1, -0.05) is 76.8 Å². The number of hydrogen-bond acceptors (Lipinski definition) is 3. The summed E-state index contributed by atoms with van der Waals surface area (Å²) in [6, 6.07) is 7.14. The van der Waals surface area contributed by atoms with E-state index in [1.807, 2.05) is 6.07 Å². The molecule has 0 fully saturated rings. The molecule has 0 saturated heterocycles. The van der Waals surface area contributed by atoms with Crippen LogP contribution in [0.4, 0.5) is 0 Å². The van der Waals surface area contributed by atoms with E-state index in [9.17, 15) is 8.42 Å². The average Bonchev–Trinajstić information content (AvgIpc) is 2.48. The molecule has 23 heavy (non-hydrogen) atoms. The highest BCUT2D eigenvalue weighted by Gasteiger charge is 2.05. The Morgan fingerprint density at radius 3 is 2.04 bits per heavy atom. The molecule has 0 saturated carbocycles. The van der Waals surface area contributed by atoms with Crippen molar-refractivity contribution >= 4 is 10.3 Å². The van der Waals surface area contributed by atoms with Crippen LogP contribution >= 0.6 is 0 Å². The third-order valence-electron chi connectivity index (χ3n) is 3.93. The monoisotopic (exact) mass is 341 g/mol. The van der Waals surface area contributed by atoms with E-state index in [1.165, 1.54) is 57.8 Å². The Hall–Kier alpha value is -1.07. The molecule has 0 heterocycles. The molecule has 1 rings (SSSR count). The van der Waals surface area contributed by atoms with Gasteiger partial charge in [0.05, 0.1) is 0 Å². The smallest absolute Gasteiger partial charge is 0.371 e. The highest BCUT2D eigenvalue weighted by Crippen LogP contribution is 2.17. The summed E-state index contributed by atoms with van der Waals surface area (Å²) in [6.07, 6.45) is 14.0. The zero-order valence-corrected chi connectivity index (χ0v) is 15.1. The number of rotatable bonds is 13. The van der Waals surface area contributed by atoms with Crippen LogP contribution in [-0.4, -0.2) is 8.42 Å². The van der Waals surface area contributed by atoms with Gasteiger partial charge in [0.1, 0.15) is 5.75 Å². The Labute approximate surface area is 141 Å². The standard InChI is InChI=1S/C18H31NO3S/c1-2-3-4-5-6-7-8-9-10-11-13-17-14-12-15-18(16-17)22-23(19,20)21/h12,14-16H,2-11,13H2,1H3,(H2,19,20,21). The summed E-state index contributed by atoms with van der Waals surface area (Å²) in [5.41, 5.74) is 1.09. The van der Waals surface area contributed by atoms with Crippen molar-refractivity contribution in [3.63, 3.8) is 0 Å². The van der Waals surface area contributed by atoms with Crippen molar-refractivity contribution in [3.05, 3.63) is 29.8 Å². The number of benzene rings is 1. The van der Waals surface area contributed by atoms with Crippen LogP contribution < -0.4 is 9.32 Å². The molecule has 0 aliphatic carbocycles. The molecular weight excluding hydrogens is 310 g/mol. The minimum Gasteiger partial charge on any atom is -0.371 e. The molecule has 5 heteroatoms. The molecule has 2 N–H and O–H groups in total. The van der Waals surface area contributed by atoms with Crippen molar-refractivity contribution in [1.82, 2.24) is 0 Å². The normalized spacial score (nSPS) is 11.6. The van der Waals surface area contributed by atoms with Crippen LogP contribution in [0.25, 0.3) is 0 Å². The molecule has 4 nitrogen and oxygen atoms in total. The molecular formula is C18H31NO3S. The molecule has 0 radical (unpaired) electrons. The first-order valence-corrected chi connectivity index (χ1v) is 10.3. The van der Waals surface area contributed by atoms with Crippen LogP contribution in [0.1, 0.15) is 76.7 Å². The van der Waals surface area contributed by atoms with Gasteiger partial charge in [0.15, 0.2) is 0 Å². The first kappa shape index (κ1) is 20.0. The molecule has 0 amide bonds. The molecule has 0 aliphatic heterocycles. The van der Waals surface area contributed by atoms with Crippen molar-refractivity contribution in [1.29, 1.82) is 0 Å². The molecule has 0 aromatic heterocycles. The highest BCUT2D eigenvalue weighted by atomic mass is 32.2. The predicted octanol–water partition coefficient (Wildman–Crippen LogP) is 4.73. The Bertz CT molecular complexity index is 529. The van der Waals surface area contributed by atoms with Gasteiger partial charge < -0.3 is 4.18 Å². The fraction of sp³-hybridized carbons (Fsp3) is 0.667. The van der Waals surface area contributed by atoms with Crippen LogP contribution in [0.5, 0.6) is 5.75 Å². The Kier molecular flexibility index (Phi) is 9.96. The first-order chi connectivity index (χ1) is 11.0. The summed E-state index contributed by atoms with van der Waals surface area (Å²) in [6.45, 7) is 2.25. The second kappa shape index (κ2) is 11.5. The number of unbranched alkanes of at least 4 members (excludes halogenated alkanes) is 9. The number of hydrogen-bond donors (Lipinski definition) is 1. The largest absolute Gasteiger partial charge is 0.380 e. The zero-order valence-electron chi connectivity index (χ0n) is 14.3. The van der Waals surface area contributed by atoms with E-state index < -0.39 is 10.3 Å². The Morgan fingerprint density at radius 1 is 0.913 bits per heavy atom. The maximum absolute atomic E-state index is 10.9. The van der Waals surface area contributed by atoms with E-state index in [0.29, 0.717) is 0 Å². The lowest BCUT2D eigenvalue weighted by atomic mass is 10.0. The molecule has 0 bridgehead atoms. The minimum atomic E-state index is -3.94. The fourth-order valence-corrected chi connectivity index (χ4v) is 3.08. The van der Waals surface area contributed by atoms with E-state index in [-0.39, 0.29) is 5.75 Å². The molecule has 0 atom stereocenters. The number of nitrogens with two attached hydrogens (primary N) is 1. The van der Waals surface area contributed by atoms with E-state index in [0.717, 1.165) is 18.4 Å². The van der Waals surface area contributed by atoms with Crippen LogP contribution in [0.15, 0.2) is 24.3 Å². The molecule has 0 aliphatic rings. The Balaban J connectivity index is 2.11. The minimum absolute atomic E-state index is 0.289. The fourth-order valence-electron chi connectivity index (χ4n) is 2.70. The molecule has 0 unspecified atom stereocenters. The Morgan fingerprint density at radius 2 is 1.48 bits per heavy atom. The maximum Gasteiger partial charge on any atom is 0.380 e. The van der Waals surface area contributed by atoms with Crippen LogP contribution in [0, 0.1) is 0 Å². The van der Waals surface area contributed by atoms with Crippen molar-refractivity contribution in [2.75, 3.05) is 0 Å². The first-order valence-electron chi connectivity index (χ1n) is 8.82. The van der Waals surface area contributed by atoms with Gasteiger partial charge in [0.2, 0.25) is 0 Å². The zero-order chi connectivity index (χ0) is 17.0. The van der Waals surface area contributed by atoms with Gasteiger partial charge in [-0.05, 0) is 30.5 Å². The second-order valence-corrected chi connectivity index (χ2v) is 7.31. The summed E-state index contributed by atoms with van der Waals surface area (Å²) in [5, 5.41) is 4.87. The third kappa shape index (κ3) is 11.2. The van der Waals surface area contributed by atoms with Gasteiger partial charge in [-0.15, -0.1) is 0 Å². The van der Waals surface area contributed by atoms with Crippen molar-refractivity contribution in [3.8, 4) is 5.75 Å². The number of aryl methyl sites for hydroxylation is 1. The lowest BCUT2D eigenvalue weighted by Crippen LogP contribution is -2.18. The van der Waals surface area contributed by atoms with Gasteiger partial charge in [0.25, 0.3) is 0 Å². The van der Waals surface area contributed by atoms with Crippen LogP contribution in [0.3, 0.4) is 0 Å². The average molecular weight is 342 g/mol. The molecule has 1 aromatic rings. The SMILES string of the molecule is CCCCCCCCCCCCc1cccc(OS(N)(=O)=O)c1. The van der Waals surface area contributed by atoms with Gasteiger partial charge in [0, 0.05) is 0 Å². The van der Waals surface area contributed by atoms with Crippen LogP contribution in [-0.2, 0) is 16.7 Å². The van der Waals surface area contributed by atoms with Gasteiger partial charge in [-0.2, -0.15) is 13.6 Å². The third-order valence-corrected chi connectivity index (χ3v) is 4.35. The topological polar surface area (TPSA) is 69.4 Å². The van der Waals surface area contributed by atoms with E-state index in [4.69, 9.17) is 9.32 Å². The second-order valence-electron chi connectivity index (χ2n) is 6.16. The van der Waals surface area contributed by atoms with Crippen LogP contribution in [0.2, 0.25) is 0 Å². The molecule has 1 aromatic carbocycles. The predicted molar refractivity (Wildman–Crippen MR) is 95.7 cm³/mol. The maximum atomic E-state index is 10.9. The van der Waals surface area contributed by atoms with Gasteiger partial charge in [-0.25, -0.2) is 0 Å². The van der Waals surface area contributed by atoms with E-state index in [1.54, 1.807) is 18.2 Å². The lowest BCUT2D eigenvalue weighted by Gasteiger charge is -2.06. The summed E-state index contributed by atoms with van der Waals surface area (Å²) < 4.78 is 26.5. The molecule has 132 valence electrons.